The van der Waals surface area contributed by atoms with Crippen LogP contribution in [0.15, 0.2) is 121 Å². The molecular formula is C56H58N4O16P4. The van der Waals surface area contributed by atoms with E-state index in [-0.39, 0.29) is 76.8 Å². The molecule has 0 amide bonds. The Kier molecular flexibility index (Phi) is 18.1. The van der Waals surface area contributed by atoms with E-state index in [1.165, 1.54) is 0 Å². The lowest BCUT2D eigenvalue weighted by Crippen LogP contribution is -2.00. The van der Waals surface area contributed by atoms with E-state index in [1.54, 1.807) is 48.5 Å². The molecule has 8 bridgehead atoms. The van der Waals surface area contributed by atoms with Crippen LogP contribution in [0, 0.1) is 0 Å². The van der Waals surface area contributed by atoms with Crippen molar-refractivity contribution in [2.75, 3.05) is 51.1 Å². The van der Waals surface area contributed by atoms with Gasteiger partial charge < -0.3 is 68.1 Å². The van der Waals surface area contributed by atoms with Gasteiger partial charge in [0.2, 0.25) is 0 Å². The molecule has 0 spiro atoms. The van der Waals surface area contributed by atoms with E-state index in [9.17, 15) is 57.4 Å². The topological polar surface area (TPSA) is 324 Å². The third-order valence-corrected chi connectivity index (χ3v) is 16.4. The van der Waals surface area contributed by atoms with Crippen LogP contribution in [0.3, 0.4) is 0 Å². The number of hydrogen-bond donors (Lipinski definition) is 10. The van der Waals surface area contributed by atoms with Crippen molar-refractivity contribution in [2.45, 2.75) is 25.7 Å². The summed E-state index contributed by atoms with van der Waals surface area (Å²) in [4.78, 5) is 92.9. The summed E-state index contributed by atoms with van der Waals surface area (Å²) in [6.45, 7) is 0.404. The molecule has 0 aliphatic carbocycles. The smallest absolute Gasteiger partial charge is 0.325 e. The van der Waals surface area contributed by atoms with Gasteiger partial charge in [0, 0.05) is 44.3 Å². The van der Waals surface area contributed by atoms with Gasteiger partial charge in [0.25, 0.3) is 0 Å². The van der Waals surface area contributed by atoms with Gasteiger partial charge in [-0.05, 0) is 145 Å². The van der Waals surface area contributed by atoms with Gasteiger partial charge in [-0.2, -0.15) is 0 Å². The van der Waals surface area contributed by atoms with Crippen LogP contribution in [-0.4, -0.2) is 110 Å². The van der Waals surface area contributed by atoms with E-state index < -0.39 is 30.4 Å². The molecule has 7 aromatic rings. The molecule has 2 aliphatic heterocycles. The van der Waals surface area contributed by atoms with Crippen molar-refractivity contribution < 1.29 is 76.4 Å². The van der Waals surface area contributed by atoms with Crippen LogP contribution in [0.1, 0.15) is 48.5 Å². The van der Waals surface area contributed by atoms with Crippen molar-refractivity contribution in [3.8, 4) is 67.5 Å². The van der Waals surface area contributed by atoms with Gasteiger partial charge in [-0.3, -0.25) is 18.3 Å². The highest BCUT2D eigenvalue weighted by Gasteiger charge is 2.21. The number of benzene rings is 4. The average molecular weight is 1170 g/mol. The van der Waals surface area contributed by atoms with E-state index in [4.69, 9.17) is 28.9 Å². The second-order valence-corrected chi connectivity index (χ2v) is 26.1. The van der Waals surface area contributed by atoms with Gasteiger partial charge in [0.05, 0.1) is 73.9 Å². The lowest BCUT2D eigenvalue weighted by atomic mass is 10.0. The highest BCUT2D eigenvalue weighted by atomic mass is 31.2. The van der Waals surface area contributed by atoms with Crippen molar-refractivity contribution >= 4 is 76.8 Å². The fraction of sp³-hybridized carbons (Fsp3) is 0.214. The van der Waals surface area contributed by atoms with Crippen LogP contribution < -0.4 is 18.9 Å². The molecule has 20 nitrogen and oxygen atoms in total. The first kappa shape index (κ1) is 58.0. The van der Waals surface area contributed by atoms with Crippen LogP contribution in [0.4, 0.5) is 0 Å². The molecule has 0 unspecified atom stereocenters. The molecule has 2 aliphatic rings. The lowest BCUT2D eigenvalue weighted by Gasteiger charge is -2.10. The number of rotatable bonds is 24. The van der Waals surface area contributed by atoms with E-state index in [0.717, 1.165) is 44.5 Å². The molecular weight excluding hydrogens is 1110 g/mol. The molecule has 10 N–H and O–H groups in total. The van der Waals surface area contributed by atoms with Gasteiger partial charge in [0.15, 0.2) is 0 Å². The molecule has 0 atom stereocenters. The predicted molar refractivity (Wildman–Crippen MR) is 309 cm³/mol. The van der Waals surface area contributed by atoms with E-state index in [1.807, 2.05) is 97.1 Å². The van der Waals surface area contributed by atoms with Crippen LogP contribution >= 0.6 is 30.4 Å². The summed E-state index contributed by atoms with van der Waals surface area (Å²) >= 11 is 0. The Hall–Kier alpha value is -6.72. The minimum atomic E-state index is -4.19. The normalized spacial score (nSPS) is 12.7. The summed E-state index contributed by atoms with van der Waals surface area (Å²) in [6.07, 6.45) is 7.16. The number of fused-ring (bicyclic) bond motifs is 8. The Labute approximate surface area is 459 Å². The van der Waals surface area contributed by atoms with Crippen LogP contribution in [0.5, 0.6) is 23.0 Å². The Morgan fingerprint density at radius 3 is 0.700 bits per heavy atom. The van der Waals surface area contributed by atoms with Crippen LogP contribution in [0.25, 0.3) is 90.9 Å². The summed E-state index contributed by atoms with van der Waals surface area (Å²) < 4.78 is 69.4. The summed E-state index contributed by atoms with van der Waals surface area (Å²) in [5, 5.41) is 0. The lowest BCUT2D eigenvalue weighted by molar-refractivity contribution is 0.309. The quantitative estimate of drug-likeness (QED) is 0.0198. The molecule has 5 heterocycles. The summed E-state index contributed by atoms with van der Waals surface area (Å²) in [5.41, 5.74) is 11.2. The maximum atomic E-state index is 11.5. The second kappa shape index (κ2) is 25.0. The Morgan fingerprint density at radius 1 is 0.312 bits per heavy atom. The number of nitrogens with zero attached hydrogens (tertiary/aromatic N) is 2. The van der Waals surface area contributed by atoms with Crippen molar-refractivity contribution in [3.05, 3.63) is 144 Å². The van der Waals surface area contributed by atoms with Gasteiger partial charge in [-0.25, -0.2) is 9.97 Å². The Bertz CT molecular complexity index is 3300. The third kappa shape index (κ3) is 15.8. The predicted octanol–water partition coefficient (Wildman–Crippen LogP) is 11.1. The zero-order chi connectivity index (χ0) is 56.7. The van der Waals surface area contributed by atoms with Crippen LogP contribution in [-0.2, 0) is 18.3 Å². The van der Waals surface area contributed by atoms with Crippen molar-refractivity contribution in [1.82, 2.24) is 19.9 Å². The minimum Gasteiger partial charge on any atom is -0.494 e. The highest BCUT2D eigenvalue weighted by Crippen LogP contribution is 2.42. The first-order chi connectivity index (χ1) is 38.1. The molecule has 0 fully saturated rings. The number of aromatic amines is 2. The van der Waals surface area contributed by atoms with Gasteiger partial charge in [0.1, 0.15) is 23.0 Å². The summed E-state index contributed by atoms with van der Waals surface area (Å²) in [5.74, 6) is 2.01. The first-order valence-electron chi connectivity index (χ1n) is 25.4. The zero-order valence-corrected chi connectivity index (χ0v) is 46.4. The Morgan fingerprint density at radius 2 is 0.512 bits per heavy atom. The third-order valence-electron chi connectivity index (χ3n) is 12.8. The molecule has 3 aromatic heterocycles. The maximum Gasteiger partial charge on any atom is 0.325 e. The molecule has 0 radical (unpaired) electrons. The van der Waals surface area contributed by atoms with E-state index in [0.29, 0.717) is 67.8 Å². The highest BCUT2D eigenvalue weighted by molar-refractivity contribution is 7.52. The Balaban J connectivity index is 1.23. The number of nitrogens with one attached hydrogen (secondary N) is 2. The number of ether oxygens (including phenoxy) is 4. The van der Waals surface area contributed by atoms with E-state index >= 15 is 0 Å². The van der Waals surface area contributed by atoms with Gasteiger partial charge in [-0.15, -0.1) is 0 Å². The summed E-state index contributed by atoms with van der Waals surface area (Å²) in [7, 11) is -16.7. The summed E-state index contributed by atoms with van der Waals surface area (Å²) in [6, 6.07) is 37.2. The molecule has 4 aromatic carbocycles. The molecule has 0 saturated carbocycles. The van der Waals surface area contributed by atoms with Crippen molar-refractivity contribution in [1.29, 1.82) is 0 Å². The number of H-pyrrole nitrogens is 2. The largest absolute Gasteiger partial charge is 0.494 e. The van der Waals surface area contributed by atoms with E-state index in [2.05, 4.69) is 9.97 Å². The molecule has 80 heavy (non-hydrogen) atoms. The SMILES string of the molecule is O=P(O)(O)CCCOc1ccc(-c2c3nc(c(-c4ccc(OCCCP(=O)(O)O)cc4)c4ccc([nH]4)c(-c4ccc(OCCCP(=O)(O)O)cc4)c4nc(c(-c5ccc(OCCCP(=O)(O)O)cc5)c5ccc2[nH]5)C=C4)C=C3)cc1. The zero-order valence-electron chi connectivity index (χ0n) is 42.9. The standard InChI is InChI=1S/C56H58N4O16P4/c61-77(62,63)33-1-29-73-41-13-5-37(6-14-41)53-45-21-23-47(57-45)54(38-7-15-42(16-8-38)74-30-2-34-78(64,65)66)49-25-27-51(59-49)56(40-11-19-44(20-12-40)76-32-4-36-80(70,71)72)52-28-26-50(60-52)55(48-24-22-46(53)58-48)39-9-17-43(18-10-39)75-31-3-35-79(67,68)69/h5-28,57,60H,1-4,29-36H2,(H2,61,62,63)(H2,64,65,66)(H2,67,68,69)(H2,70,71,72). The fourth-order valence-corrected chi connectivity index (χ4v) is 11.3. The first-order valence-corrected chi connectivity index (χ1v) is 32.6. The average Bonchev–Trinajstić information content (AvgIpc) is 4.26. The van der Waals surface area contributed by atoms with Crippen molar-refractivity contribution in [2.24, 2.45) is 0 Å². The number of hydrogen-bond acceptors (Lipinski definition) is 10. The molecule has 24 heteroatoms. The van der Waals surface area contributed by atoms with Crippen molar-refractivity contribution in [3.63, 3.8) is 0 Å². The van der Waals surface area contributed by atoms with Crippen LogP contribution in [0.2, 0.25) is 0 Å². The number of aromatic nitrogens is 4. The fourth-order valence-electron chi connectivity index (χ4n) is 9.13. The molecule has 0 saturated heterocycles. The molecule has 9 rings (SSSR count). The second-order valence-electron chi connectivity index (χ2n) is 19.0. The monoisotopic (exact) mass is 1170 g/mol. The maximum absolute atomic E-state index is 11.5. The van der Waals surface area contributed by atoms with Gasteiger partial charge in [-0.1, -0.05) is 48.5 Å². The molecule has 418 valence electrons. The minimum absolute atomic E-state index is 0.101. The van der Waals surface area contributed by atoms with Gasteiger partial charge >= 0.3 is 30.4 Å².